The Balaban J connectivity index is 1.38. The highest BCUT2D eigenvalue weighted by molar-refractivity contribution is 7.22. The number of alkyl halides is 2. The summed E-state index contributed by atoms with van der Waals surface area (Å²) in [5, 5.41) is 13.5. The molecule has 0 unspecified atom stereocenters. The highest BCUT2D eigenvalue weighted by atomic mass is 35.5. The number of carbonyl (C=O) groups is 1. The molecule has 4 heterocycles. The number of rotatable bonds is 7. The van der Waals surface area contributed by atoms with Crippen LogP contribution in [-0.2, 0) is 10.7 Å². The van der Waals surface area contributed by atoms with Gasteiger partial charge in [-0.3, -0.25) is 4.79 Å². The van der Waals surface area contributed by atoms with E-state index in [2.05, 4.69) is 5.32 Å². The number of likely N-dealkylation sites (tertiary alicyclic amines) is 1. The second-order valence-corrected chi connectivity index (χ2v) is 10.1. The maximum Gasteiger partial charge on any atom is 0.381 e. The largest absolute Gasteiger partial charge is 0.486 e. The number of benzene rings is 1. The van der Waals surface area contributed by atoms with E-state index in [0.717, 1.165) is 43.3 Å². The van der Waals surface area contributed by atoms with Gasteiger partial charge in [-0.25, -0.2) is 0 Å². The van der Waals surface area contributed by atoms with E-state index in [9.17, 15) is 9.90 Å². The number of hydrogen-bond acceptors (Lipinski definition) is 7. The lowest BCUT2D eigenvalue weighted by molar-refractivity contribution is -0.151. The summed E-state index contributed by atoms with van der Waals surface area (Å²) in [5.41, 5.74) is 0.632. The lowest BCUT2D eigenvalue weighted by atomic mass is 10.0. The van der Waals surface area contributed by atoms with Crippen LogP contribution in [0.25, 0.3) is 10.3 Å². The van der Waals surface area contributed by atoms with E-state index in [0.29, 0.717) is 39.3 Å². The molecule has 0 aliphatic carbocycles. The normalized spacial score (nSPS) is 18.2. The van der Waals surface area contributed by atoms with Gasteiger partial charge < -0.3 is 29.2 Å². The second kappa shape index (κ2) is 9.33. The summed E-state index contributed by atoms with van der Waals surface area (Å²) in [6.07, 6.45) is 0.709. The number of furan rings is 1. The van der Waals surface area contributed by atoms with E-state index in [1.807, 2.05) is 4.90 Å². The molecule has 11 heteroatoms. The molecule has 182 valence electrons. The minimum absolute atomic E-state index is 0.197. The highest BCUT2D eigenvalue weighted by Gasteiger charge is 2.46. The first kappa shape index (κ1) is 23.3. The van der Waals surface area contributed by atoms with Gasteiger partial charge in [-0.05, 0) is 43.6 Å². The van der Waals surface area contributed by atoms with Gasteiger partial charge in [0.1, 0.15) is 24.9 Å². The Kier molecular flexibility index (Phi) is 6.41. The van der Waals surface area contributed by atoms with Gasteiger partial charge >= 0.3 is 5.92 Å². The predicted molar refractivity (Wildman–Crippen MR) is 123 cm³/mol. The van der Waals surface area contributed by atoms with Crippen molar-refractivity contribution in [3.63, 3.8) is 0 Å². The average Bonchev–Trinajstić information content (AvgIpc) is 3.55. The number of nitrogens with zero attached hydrogens (tertiary/aromatic N) is 1. The molecular formula is C23H23ClF2N2O5S. The molecule has 1 saturated heterocycles. The van der Waals surface area contributed by atoms with Crippen LogP contribution in [-0.4, -0.2) is 54.8 Å². The van der Waals surface area contributed by atoms with Crippen LogP contribution in [0.4, 0.5) is 8.78 Å². The summed E-state index contributed by atoms with van der Waals surface area (Å²) in [7, 11) is 0. The van der Waals surface area contributed by atoms with Gasteiger partial charge in [-0.15, -0.1) is 11.3 Å². The molecule has 2 aromatic heterocycles. The Morgan fingerprint density at radius 3 is 2.65 bits per heavy atom. The van der Waals surface area contributed by atoms with E-state index < -0.39 is 29.7 Å². The number of fused-ring (bicyclic) bond motifs is 2. The third-order valence-corrected chi connectivity index (χ3v) is 7.22. The molecule has 2 aliphatic rings. The number of amides is 1. The lowest BCUT2D eigenvalue weighted by Gasteiger charge is -2.30. The van der Waals surface area contributed by atoms with Gasteiger partial charge in [0.25, 0.3) is 5.91 Å². The van der Waals surface area contributed by atoms with Crippen LogP contribution in [0.3, 0.4) is 0 Å². The van der Waals surface area contributed by atoms with Crippen molar-refractivity contribution in [3.8, 4) is 11.5 Å². The maximum absolute atomic E-state index is 15.1. The molecule has 1 fully saturated rings. The number of aliphatic hydroxyl groups excluding tert-OH is 1. The minimum atomic E-state index is -3.93. The molecule has 2 aliphatic heterocycles. The van der Waals surface area contributed by atoms with Crippen LogP contribution < -0.4 is 14.8 Å². The van der Waals surface area contributed by atoms with Crippen molar-refractivity contribution in [2.24, 2.45) is 0 Å². The summed E-state index contributed by atoms with van der Waals surface area (Å²) >= 11 is 6.97. The molecule has 2 N–H and O–H groups in total. The molecule has 0 bridgehead atoms. The van der Waals surface area contributed by atoms with E-state index in [4.69, 9.17) is 25.5 Å². The Bertz CT molecular complexity index is 1160. The molecule has 1 aromatic carbocycles. The van der Waals surface area contributed by atoms with Crippen molar-refractivity contribution in [1.29, 1.82) is 0 Å². The molecule has 5 rings (SSSR count). The number of carbonyl (C=O) groups excluding carboxylic acids is 1. The Labute approximate surface area is 203 Å². The smallest absolute Gasteiger partial charge is 0.381 e. The summed E-state index contributed by atoms with van der Waals surface area (Å²) in [4.78, 5) is 14.8. The van der Waals surface area contributed by atoms with E-state index >= 15 is 8.78 Å². The van der Waals surface area contributed by atoms with Crippen molar-refractivity contribution in [3.05, 3.63) is 46.0 Å². The number of ether oxygens (including phenoxy) is 2. The summed E-state index contributed by atoms with van der Waals surface area (Å²) in [6.45, 7) is 2.56. The predicted octanol–water partition coefficient (Wildman–Crippen LogP) is 4.32. The van der Waals surface area contributed by atoms with Crippen molar-refractivity contribution in [2.45, 2.75) is 30.9 Å². The zero-order chi connectivity index (χ0) is 23.9. The fourth-order valence-corrected chi connectivity index (χ4v) is 5.37. The Morgan fingerprint density at radius 1 is 1.18 bits per heavy atom. The number of nitrogens with one attached hydrogen (secondary N) is 1. The van der Waals surface area contributed by atoms with Crippen LogP contribution in [0, 0.1) is 0 Å². The summed E-state index contributed by atoms with van der Waals surface area (Å²) in [6, 6.07) is 6.50. The summed E-state index contributed by atoms with van der Waals surface area (Å²) < 4.78 is 47.3. The van der Waals surface area contributed by atoms with E-state index in [1.165, 1.54) is 6.07 Å². The number of aliphatic hydroxyl groups is 1. The van der Waals surface area contributed by atoms with Gasteiger partial charge in [0.15, 0.2) is 17.3 Å². The van der Waals surface area contributed by atoms with Crippen LogP contribution in [0.2, 0.25) is 4.34 Å². The van der Waals surface area contributed by atoms with Crippen molar-refractivity contribution < 1.29 is 32.6 Å². The highest BCUT2D eigenvalue weighted by Crippen LogP contribution is 2.38. The number of halogens is 3. The van der Waals surface area contributed by atoms with Crippen molar-refractivity contribution >= 4 is 39.1 Å². The SMILES string of the molecule is O=C(N[C@H](CN1CCCC1)[C@H](O)c1ccc2c(c1)OCCO2)C(F)(F)c1cc2sc(Cl)cc2o1. The molecule has 2 atom stereocenters. The minimum Gasteiger partial charge on any atom is -0.486 e. The third kappa shape index (κ3) is 4.59. The van der Waals surface area contributed by atoms with E-state index in [1.54, 1.807) is 18.2 Å². The number of hydrogen-bond donors (Lipinski definition) is 2. The maximum atomic E-state index is 15.1. The van der Waals surface area contributed by atoms with Crippen LogP contribution >= 0.6 is 22.9 Å². The van der Waals surface area contributed by atoms with Crippen LogP contribution in [0.1, 0.15) is 30.3 Å². The molecular weight excluding hydrogens is 490 g/mol. The number of thiophene rings is 1. The Hall–Kier alpha value is -2.40. The molecule has 7 nitrogen and oxygen atoms in total. The van der Waals surface area contributed by atoms with E-state index in [-0.39, 0.29) is 12.1 Å². The van der Waals surface area contributed by atoms with Gasteiger partial charge in [0.2, 0.25) is 0 Å². The first-order valence-electron chi connectivity index (χ1n) is 11.0. The fraction of sp³-hybridized carbons (Fsp3) is 0.435. The zero-order valence-corrected chi connectivity index (χ0v) is 19.6. The van der Waals surface area contributed by atoms with Gasteiger partial charge in [0.05, 0.1) is 15.1 Å². The first-order valence-corrected chi connectivity index (χ1v) is 12.2. The lowest BCUT2D eigenvalue weighted by Crippen LogP contribution is -2.50. The summed E-state index contributed by atoms with van der Waals surface area (Å²) in [5.74, 6) is -5.22. The average molecular weight is 513 g/mol. The molecule has 34 heavy (non-hydrogen) atoms. The van der Waals surface area contributed by atoms with Crippen molar-refractivity contribution in [1.82, 2.24) is 10.2 Å². The topological polar surface area (TPSA) is 84.2 Å². The third-order valence-electron chi connectivity index (χ3n) is 6.03. The van der Waals surface area contributed by atoms with Crippen molar-refractivity contribution in [2.75, 3.05) is 32.8 Å². The monoisotopic (exact) mass is 512 g/mol. The van der Waals surface area contributed by atoms with Gasteiger partial charge in [-0.1, -0.05) is 17.7 Å². The molecule has 1 amide bonds. The van der Waals surface area contributed by atoms with Gasteiger partial charge in [-0.2, -0.15) is 8.78 Å². The molecule has 0 radical (unpaired) electrons. The van der Waals surface area contributed by atoms with Crippen LogP contribution in [0.5, 0.6) is 11.5 Å². The second-order valence-electron chi connectivity index (χ2n) is 8.40. The van der Waals surface area contributed by atoms with Gasteiger partial charge in [0, 0.05) is 18.7 Å². The standard InChI is InChI=1S/C23H23ClF2N2O5S/c24-20-10-17-18(34-20)11-19(33-17)23(25,26)22(30)27-14(12-28-5-1-2-6-28)21(29)13-3-4-15-16(9-13)32-8-7-31-15/h3-4,9-11,14,21,29H,1-2,5-8,12H2,(H,27,30)/t14-,21-/m1/s1. The first-order chi connectivity index (χ1) is 16.3. The Morgan fingerprint density at radius 2 is 1.91 bits per heavy atom. The molecule has 3 aromatic rings. The quantitative estimate of drug-likeness (QED) is 0.490. The molecule has 0 saturated carbocycles. The van der Waals surface area contributed by atoms with Crippen LogP contribution in [0.15, 0.2) is 34.7 Å². The fourth-order valence-electron chi connectivity index (χ4n) is 4.28. The zero-order valence-electron chi connectivity index (χ0n) is 18.1. The molecule has 0 spiro atoms.